The Morgan fingerprint density at radius 2 is 2.17 bits per heavy atom. The molecule has 3 heteroatoms. The largest absolute Gasteiger partial charge is 0.504 e. The first-order valence-electron chi connectivity index (χ1n) is 6.49. The number of ketones is 1. The molecule has 3 nitrogen and oxygen atoms in total. The summed E-state index contributed by atoms with van der Waals surface area (Å²) in [5, 5.41) is 9.65. The molecule has 1 unspecified atom stereocenters. The van der Waals surface area contributed by atoms with Crippen LogP contribution in [0.5, 0.6) is 11.5 Å². The number of phenols is 1. The van der Waals surface area contributed by atoms with Crippen LogP contribution in [0, 0.1) is 5.92 Å². The molecule has 0 aromatic heterocycles. The Labute approximate surface area is 109 Å². The normalized spacial score (nSPS) is 12.2. The monoisotopic (exact) mass is 250 g/mol. The van der Waals surface area contributed by atoms with Crippen molar-refractivity contribution >= 4 is 5.78 Å². The van der Waals surface area contributed by atoms with Gasteiger partial charge < -0.3 is 9.84 Å². The van der Waals surface area contributed by atoms with Gasteiger partial charge in [-0.25, -0.2) is 0 Å². The lowest BCUT2D eigenvalue weighted by Crippen LogP contribution is -2.07. The van der Waals surface area contributed by atoms with E-state index in [1.807, 2.05) is 26.0 Å². The lowest BCUT2D eigenvalue weighted by atomic mass is 9.98. The van der Waals surface area contributed by atoms with Gasteiger partial charge >= 0.3 is 0 Å². The molecule has 1 aromatic rings. The van der Waals surface area contributed by atoms with Crippen molar-refractivity contribution in [2.75, 3.05) is 6.61 Å². The molecule has 0 bridgehead atoms. The summed E-state index contributed by atoms with van der Waals surface area (Å²) in [4.78, 5) is 11.2. The van der Waals surface area contributed by atoms with E-state index in [1.165, 1.54) is 0 Å². The zero-order valence-electron chi connectivity index (χ0n) is 11.4. The van der Waals surface area contributed by atoms with E-state index < -0.39 is 0 Å². The molecular formula is C15H22O3. The van der Waals surface area contributed by atoms with E-state index in [1.54, 1.807) is 13.0 Å². The molecule has 0 spiro atoms. The van der Waals surface area contributed by atoms with Crippen LogP contribution in [0.3, 0.4) is 0 Å². The molecule has 1 aromatic carbocycles. The van der Waals surface area contributed by atoms with Crippen molar-refractivity contribution in [3.05, 3.63) is 23.8 Å². The van der Waals surface area contributed by atoms with Gasteiger partial charge in [0.2, 0.25) is 0 Å². The highest BCUT2D eigenvalue weighted by molar-refractivity contribution is 5.77. The van der Waals surface area contributed by atoms with E-state index in [4.69, 9.17) is 4.74 Å². The number of rotatable bonds is 7. The smallest absolute Gasteiger partial charge is 0.161 e. The Morgan fingerprint density at radius 3 is 2.78 bits per heavy atom. The third-order valence-corrected chi connectivity index (χ3v) is 3.05. The van der Waals surface area contributed by atoms with Crippen molar-refractivity contribution in [2.24, 2.45) is 5.92 Å². The molecule has 1 rings (SSSR count). The van der Waals surface area contributed by atoms with E-state index >= 15 is 0 Å². The highest BCUT2D eigenvalue weighted by Gasteiger charge is 2.09. The number of Topliss-reactive ketones (excluding diaryl/α,β-unsaturated/α-hetero) is 1. The van der Waals surface area contributed by atoms with Gasteiger partial charge in [-0.2, -0.15) is 0 Å². The van der Waals surface area contributed by atoms with Crippen molar-refractivity contribution in [3.8, 4) is 11.5 Å². The number of aromatic hydroxyl groups is 1. The SMILES string of the molecule is CCCOc1cc(CCC(C)C(C)=O)ccc1O. The fourth-order valence-corrected chi connectivity index (χ4v) is 1.63. The van der Waals surface area contributed by atoms with Gasteiger partial charge in [0.15, 0.2) is 11.5 Å². The zero-order valence-corrected chi connectivity index (χ0v) is 11.4. The minimum atomic E-state index is 0.0822. The van der Waals surface area contributed by atoms with Gasteiger partial charge in [-0.3, -0.25) is 4.79 Å². The fourth-order valence-electron chi connectivity index (χ4n) is 1.63. The van der Waals surface area contributed by atoms with Crippen LogP contribution in [0.25, 0.3) is 0 Å². The van der Waals surface area contributed by atoms with Crippen molar-refractivity contribution in [3.63, 3.8) is 0 Å². The number of carbonyl (C=O) groups is 1. The molecule has 0 amide bonds. The summed E-state index contributed by atoms with van der Waals surface area (Å²) in [5.74, 6) is 1.01. The molecule has 1 N–H and O–H groups in total. The molecule has 1 atom stereocenters. The molecule has 0 saturated heterocycles. The predicted molar refractivity (Wildman–Crippen MR) is 72.1 cm³/mol. The van der Waals surface area contributed by atoms with Crippen molar-refractivity contribution in [2.45, 2.75) is 40.0 Å². The molecule has 0 saturated carbocycles. The summed E-state index contributed by atoms with van der Waals surface area (Å²) in [5.41, 5.74) is 1.09. The second kappa shape index (κ2) is 7.04. The molecule has 0 fully saturated rings. The van der Waals surface area contributed by atoms with Crippen LogP contribution in [0.4, 0.5) is 0 Å². The summed E-state index contributed by atoms with van der Waals surface area (Å²) in [7, 11) is 0. The molecule has 0 aliphatic carbocycles. The van der Waals surface area contributed by atoms with E-state index in [-0.39, 0.29) is 17.5 Å². The second-order valence-electron chi connectivity index (χ2n) is 4.70. The van der Waals surface area contributed by atoms with Gasteiger partial charge in [0.05, 0.1) is 6.61 Å². The number of benzene rings is 1. The number of phenolic OH excluding ortho intramolecular Hbond substituents is 1. The van der Waals surface area contributed by atoms with Gasteiger partial charge in [-0.1, -0.05) is 19.9 Å². The molecule has 0 heterocycles. The maximum absolute atomic E-state index is 11.2. The third-order valence-electron chi connectivity index (χ3n) is 3.05. The lowest BCUT2D eigenvalue weighted by molar-refractivity contribution is -0.120. The van der Waals surface area contributed by atoms with Gasteiger partial charge in [0, 0.05) is 5.92 Å². The number of carbonyl (C=O) groups excluding carboxylic acids is 1. The average molecular weight is 250 g/mol. The summed E-state index contributed by atoms with van der Waals surface area (Å²) in [6.45, 7) is 6.19. The van der Waals surface area contributed by atoms with Crippen LogP contribution < -0.4 is 4.74 Å². The Bertz CT molecular complexity index is 399. The third kappa shape index (κ3) is 4.40. The lowest BCUT2D eigenvalue weighted by Gasteiger charge is -2.10. The first kappa shape index (κ1) is 14.6. The summed E-state index contributed by atoms with van der Waals surface area (Å²) in [6.07, 6.45) is 2.56. The quantitative estimate of drug-likeness (QED) is 0.807. The zero-order chi connectivity index (χ0) is 13.5. The Morgan fingerprint density at radius 1 is 1.44 bits per heavy atom. The maximum Gasteiger partial charge on any atom is 0.161 e. The standard InChI is InChI=1S/C15H22O3/c1-4-9-18-15-10-13(7-8-14(15)17)6-5-11(2)12(3)16/h7-8,10-11,17H,4-6,9H2,1-3H3. The minimum Gasteiger partial charge on any atom is -0.504 e. The fraction of sp³-hybridized carbons (Fsp3) is 0.533. The predicted octanol–water partition coefficient (Wildman–Crippen LogP) is 3.34. The van der Waals surface area contributed by atoms with Crippen molar-refractivity contribution < 1.29 is 14.6 Å². The summed E-state index contributed by atoms with van der Waals surface area (Å²) in [6, 6.07) is 5.39. The molecule has 18 heavy (non-hydrogen) atoms. The van der Waals surface area contributed by atoms with Crippen LogP contribution in [-0.4, -0.2) is 17.5 Å². The first-order chi connectivity index (χ1) is 8.54. The first-order valence-corrected chi connectivity index (χ1v) is 6.49. The topological polar surface area (TPSA) is 46.5 Å². The number of aryl methyl sites for hydroxylation is 1. The second-order valence-corrected chi connectivity index (χ2v) is 4.70. The molecule has 0 aliphatic heterocycles. The van der Waals surface area contributed by atoms with Crippen molar-refractivity contribution in [1.29, 1.82) is 0 Å². The summed E-state index contributed by atoms with van der Waals surface area (Å²) < 4.78 is 5.46. The number of hydrogen-bond acceptors (Lipinski definition) is 3. The van der Waals surface area contributed by atoms with Gasteiger partial charge in [0.25, 0.3) is 0 Å². The van der Waals surface area contributed by atoms with Crippen LogP contribution >= 0.6 is 0 Å². The van der Waals surface area contributed by atoms with Crippen LogP contribution in [0.1, 0.15) is 39.2 Å². The minimum absolute atomic E-state index is 0.0822. The molecule has 0 aliphatic rings. The van der Waals surface area contributed by atoms with Crippen LogP contribution in [0.15, 0.2) is 18.2 Å². The van der Waals surface area contributed by atoms with E-state index in [0.717, 1.165) is 24.8 Å². The Balaban J connectivity index is 2.63. The Hall–Kier alpha value is -1.51. The van der Waals surface area contributed by atoms with Crippen LogP contribution in [0.2, 0.25) is 0 Å². The molecular weight excluding hydrogens is 228 g/mol. The average Bonchev–Trinajstić information content (AvgIpc) is 2.35. The highest BCUT2D eigenvalue weighted by atomic mass is 16.5. The van der Waals surface area contributed by atoms with Gasteiger partial charge in [0.1, 0.15) is 5.78 Å². The maximum atomic E-state index is 11.2. The summed E-state index contributed by atoms with van der Waals surface area (Å²) >= 11 is 0. The number of hydrogen-bond donors (Lipinski definition) is 1. The van der Waals surface area contributed by atoms with E-state index in [0.29, 0.717) is 12.4 Å². The van der Waals surface area contributed by atoms with Crippen LogP contribution in [-0.2, 0) is 11.2 Å². The molecule has 0 radical (unpaired) electrons. The van der Waals surface area contributed by atoms with E-state index in [2.05, 4.69) is 0 Å². The van der Waals surface area contributed by atoms with Gasteiger partial charge in [-0.15, -0.1) is 0 Å². The van der Waals surface area contributed by atoms with Gasteiger partial charge in [-0.05, 0) is 43.9 Å². The highest BCUT2D eigenvalue weighted by Crippen LogP contribution is 2.27. The van der Waals surface area contributed by atoms with Crippen molar-refractivity contribution in [1.82, 2.24) is 0 Å². The Kier molecular flexibility index (Phi) is 5.69. The number of ether oxygens (including phenoxy) is 1. The van der Waals surface area contributed by atoms with E-state index in [9.17, 15) is 9.90 Å². The molecule has 100 valence electrons.